The third kappa shape index (κ3) is 5.79. The topological polar surface area (TPSA) is 54.3 Å². The van der Waals surface area contributed by atoms with Gasteiger partial charge in [0, 0.05) is 31.8 Å². The first-order valence-corrected chi connectivity index (χ1v) is 5.69. The van der Waals surface area contributed by atoms with E-state index in [4.69, 9.17) is 14.7 Å². The SMILES string of the molecule is COCCNc1cccc(OCCCC#N)c1. The summed E-state index contributed by atoms with van der Waals surface area (Å²) in [6, 6.07) is 9.87. The van der Waals surface area contributed by atoms with Crippen molar-refractivity contribution in [3.05, 3.63) is 24.3 Å². The lowest BCUT2D eigenvalue weighted by Crippen LogP contribution is -2.07. The maximum Gasteiger partial charge on any atom is 0.121 e. The summed E-state index contributed by atoms with van der Waals surface area (Å²) in [5.41, 5.74) is 1.01. The Morgan fingerprint density at radius 1 is 1.35 bits per heavy atom. The summed E-state index contributed by atoms with van der Waals surface area (Å²) in [5, 5.41) is 11.6. The van der Waals surface area contributed by atoms with Crippen LogP contribution >= 0.6 is 0 Å². The van der Waals surface area contributed by atoms with Crippen LogP contribution in [-0.2, 0) is 4.74 Å². The number of nitriles is 1. The van der Waals surface area contributed by atoms with Crippen LogP contribution in [0, 0.1) is 11.3 Å². The number of anilines is 1. The highest BCUT2D eigenvalue weighted by Crippen LogP contribution is 2.17. The minimum absolute atomic E-state index is 0.534. The Balaban J connectivity index is 2.34. The van der Waals surface area contributed by atoms with Crippen LogP contribution in [0.5, 0.6) is 5.75 Å². The molecule has 1 N–H and O–H groups in total. The van der Waals surface area contributed by atoms with E-state index in [1.54, 1.807) is 7.11 Å². The van der Waals surface area contributed by atoms with E-state index in [-0.39, 0.29) is 0 Å². The van der Waals surface area contributed by atoms with E-state index in [1.165, 1.54) is 0 Å². The number of ether oxygens (including phenoxy) is 2. The summed E-state index contributed by atoms with van der Waals surface area (Å²) in [5.74, 6) is 0.824. The molecule has 4 nitrogen and oxygen atoms in total. The summed E-state index contributed by atoms with van der Waals surface area (Å²) < 4.78 is 10.5. The number of nitrogens with zero attached hydrogens (tertiary/aromatic N) is 1. The van der Waals surface area contributed by atoms with E-state index >= 15 is 0 Å². The first-order chi connectivity index (χ1) is 8.36. The highest BCUT2D eigenvalue weighted by atomic mass is 16.5. The van der Waals surface area contributed by atoms with Crippen LogP contribution in [-0.4, -0.2) is 26.9 Å². The van der Waals surface area contributed by atoms with Crippen molar-refractivity contribution in [2.24, 2.45) is 0 Å². The van der Waals surface area contributed by atoms with Crippen LogP contribution in [0.4, 0.5) is 5.69 Å². The third-order valence-electron chi connectivity index (χ3n) is 2.17. The quantitative estimate of drug-likeness (QED) is 0.702. The number of nitrogens with one attached hydrogen (secondary N) is 1. The van der Waals surface area contributed by atoms with Gasteiger partial charge in [-0.25, -0.2) is 0 Å². The molecule has 0 amide bonds. The van der Waals surface area contributed by atoms with Gasteiger partial charge in [-0.2, -0.15) is 5.26 Å². The van der Waals surface area contributed by atoms with Crippen molar-refractivity contribution in [2.75, 3.05) is 32.2 Å². The number of methoxy groups -OCH3 is 1. The Morgan fingerprint density at radius 2 is 2.24 bits per heavy atom. The molecule has 0 saturated carbocycles. The van der Waals surface area contributed by atoms with Gasteiger partial charge >= 0.3 is 0 Å². The highest BCUT2D eigenvalue weighted by molar-refractivity contribution is 5.48. The molecule has 0 bridgehead atoms. The number of unbranched alkanes of at least 4 members (excludes halogenated alkanes) is 1. The maximum atomic E-state index is 8.40. The molecule has 1 aromatic rings. The van der Waals surface area contributed by atoms with Crippen molar-refractivity contribution in [1.29, 1.82) is 5.26 Å². The van der Waals surface area contributed by atoms with E-state index in [9.17, 15) is 0 Å². The summed E-state index contributed by atoms with van der Waals surface area (Å²) in [6.45, 7) is 2.02. The van der Waals surface area contributed by atoms with Crippen LogP contribution in [0.15, 0.2) is 24.3 Å². The minimum Gasteiger partial charge on any atom is -0.493 e. The normalized spacial score (nSPS) is 9.65. The first-order valence-electron chi connectivity index (χ1n) is 5.69. The maximum absolute atomic E-state index is 8.40. The number of rotatable bonds is 8. The fraction of sp³-hybridized carbons (Fsp3) is 0.462. The summed E-state index contributed by atoms with van der Waals surface area (Å²) >= 11 is 0. The van der Waals surface area contributed by atoms with E-state index < -0.39 is 0 Å². The van der Waals surface area contributed by atoms with Crippen LogP contribution in [0.1, 0.15) is 12.8 Å². The molecule has 92 valence electrons. The molecule has 0 unspecified atom stereocenters. The molecule has 4 heteroatoms. The summed E-state index contributed by atoms with van der Waals surface area (Å²) in [7, 11) is 1.68. The Morgan fingerprint density at radius 3 is 3.00 bits per heavy atom. The van der Waals surface area contributed by atoms with Crippen molar-refractivity contribution in [3.8, 4) is 11.8 Å². The molecule has 0 spiro atoms. The van der Waals surface area contributed by atoms with Gasteiger partial charge in [0.05, 0.1) is 19.3 Å². The van der Waals surface area contributed by atoms with Crippen molar-refractivity contribution in [2.45, 2.75) is 12.8 Å². The minimum atomic E-state index is 0.534. The third-order valence-corrected chi connectivity index (χ3v) is 2.17. The van der Waals surface area contributed by atoms with Gasteiger partial charge in [-0.05, 0) is 18.6 Å². The Labute approximate surface area is 102 Å². The fourth-order valence-corrected chi connectivity index (χ4v) is 1.33. The van der Waals surface area contributed by atoms with Gasteiger partial charge < -0.3 is 14.8 Å². The van der Waals surface area contributed by atoms with Crippen LogP contribution < -0.4 is 10.1 Å². The lowest BCUT2D eigenvalue weighted by molar-refractivity contribution is 0.211. The molecule has 17 heavy (non-hydrogen) atoms. The zero-order chi connectivity index (χ0) is 12.3. The Hall–Kier alpha value is -1.73. The molecule has 0 aliphatic rings. The number of hydrogen-bond acceptors (Lipinski definition) is 4. The Bertz CT molecular complexity index is 361. The largest absolute Gasteiger partial charge is 0.493 e. The molecule has 0 fully saturated rings. The molecule has 0 aromatic heterocycles. The van der Waals surface area contributed by atoms with Gasteiger partial charge in [0.1, 0.15) is 5.75 Å². The number of benzene rings is 1. The molecular formula is C13H18N2O2. The molecule has 0 aliphatic carbocycles. The van der Waals surface area contributed by atoms with Gasteiger partial charge in [-0.3, -0.25) is 0 Å². The van der Waals surface area contributed by atoms with Crippen LogP contribution in [0.3, 0.4) is 0 Å². The summed E-state index contributed by atoms with van der Waals surface area (Å²) in [6.07, 6.45) is 1.30. The molecule has 0 radical (unpaired) electrons. The molecule has 1 rings (SSSR count). The second kappa shape index (κ2) is 8.43. The highest BCUT2D eigenvalue weighted by Gasteiger charge is 1.96. The molecule has 0 aliphatic heterocycles. The van der Waals surface area contributed by atoms with Gasteiger partial charge in [-0.15, -0.1) is 0 Å². The predicted octanol–water partition coefficient (Wildman–Crippen LogP) is 2.43. The van der Waals surface area contributed by atoms with Gasteiger partial charge in [0.15, 0.2) is 0 Å². The van der Waals surface area contributed by atoms with E-state index in [0.717, 1.165) is 24.4 Å². The zero-order valence-electron chi connectivity index (χ0n) is 10.1. The smallest absolute Gasteiger partial charge is 0.121 e. The van der Waals surface area contributed by atoms with E-state index in [1.807, 2.05) is 24.3 Å². The van der Waals surface area contributed by atoms with E-state index in [2.05, 4.69) is 11.4 Å². The molecule has 0 heterocycles. The van der Waals surface area contributed by atoms with Crippen LogP contribution in [0.2, 0.25) is 0 Å². The average Bonchev–Trinajstić information content (AvgIpc) is 2.36. The first kappa shape index (κ1) is 13.3. The number of hydrogen-bond donors (Lipinski definition) is 1. The Kier molecular flexibility index (Phi) is 6.61. The summed E-state index contributed by atoms with van der Waals surface area (Å²) in [4.78, 5) is 0. The second-order valence-electron chi connectivity index (χ2n) is 3.56. The zero-order valence-corrected chi connectivity index (χ0v) is 10.1. The lowest BCUT2D eigenvalue weighted by Gasteiger charge is -2.09. The molecule has 1 aromatic carbocycles. The average molecular weight is 234 g/mol. The fourth-order valence-electron chi connectivity index (χ4n) is 1.33. The lowest BCUT2D eigenvalue weighted by atomic mass is 10.3. The van der Waals surface area contributed by atoms with Crippen LogP contribution in [0.25, 0.3) is 0 Å². The molecule has 0 saturated heterocycles. The van der Waals surface area contributed by atoms with Gasteiger partial charge in [0.2, 0.25) is 0 Å². The molecule has 0 atom stereocenters. The van der Waals surface area contributed by atoms with Crippen molar-refractivity contribution < 1.29 is 9.47 Å². The standard InChI is InChI=1S/C13H18N2O2/c1-16-10-8-15-12-5-4-6-13(11-12)17-9-3-2-7-14/h4-6,11,15H,2-3,8-10H2,1H3. The second-order valence-corrected chi connectivity index (χ2v) is 3.56. The van der Waals surface area contributed by atoms with Crippen molar-refractivity contribution >= 4 is 5.69 Å². The van der Waals surface area contributed by atoms with Gasteiger partial charge in [0.25, 0.3) is 0 Å². The van der Waals surface area contributed by atoms with E-state index in [0.29, 0.717) is 19.6 Å². The monoisotopic (exact) mass is 234 g/mol. The van der Waals surface area contributed by atoms with Crippen molar-refractivity contribution in [1.82, 2.24) is 0 Å². The molecular weight excluding hydrogens is 216 g/mol. The van der Waals surface area contributed by atoms with Crippen molar-refractivity contribution in [3.63, 3.8) is 0 Å². The van der Waals surface area contributed by atoms with Gasteiger partial charge in [-0.1, -0.05) is 6.07 Å². The predicted molar refractivity (Wildman–Crippen MR) is 67.1 cm³/mol.